The normalized spacial score (nSPS) is 12.4. The Hall–Kier alpha value is -0.0400. The molecule has 0 radical (unpaired) electrons. The van der Waals surface area contributed by atoms with Crippen LogP contribution in [0.3, 0.4) is 0 Å². The minimum Gasteiger partial charge on any atom is -0.314 e. The minimum atomic E-state index is 0.555. The molecule has 1 nitrogen and oxygen atoms in total. The Balaban J connectivity index is 4.05. The van der Waals surface area contributed by atoms with Crippen molar-refractivity contribution in [2.75, 3.05) is 6.54 Å². The van der Waals surface area contributed by atoms with Crippen molar-refractivity contribution in [2.45, 2.75) is 79.2 Å². The van der Waals surface area contributed by atoms with Gasteiger partial charge < -0.3 is 5.32 Å². The molecule has 0 aromatic rings. The van der Waals surface area contributed by atoms with Crippen molar-refractivity contribution in [3.05, 3.63) is 0 Å². The molecule has 15 heavy (non-hydrogen) atoms. The van der Waals surface area contributed by atoms with E-state index in [1.807, 2.05) is 0 Å². The fraction of sp³-hybridized carbons (Fsp3) is 1.00. The van der Waals surface area contributed by atoms with Crippen LogP contribution >= 0.6 is 0 Å². The summed E-state index contributed by atoms with van der Waals surface area (Å²) in [6, 6.07) is 0.619. The van der Waals surface area contributed by atoms with Crippen LogP contribution in [0.15, 0.2) is 0 Å². The first kappa shape index (κ1) is 15.0. The summed E-state index contributed by atoms with van der Waals surface area (Å²) in [5.74, 6) is 0. The third-order valence-electron chi connectivity index (χ3n) is 3.70. The summed E-state index contributed by atoms with van der Waals surface area (Å²) in [4.78, 5) is 0. The monoisotopic (exact) mass is 213 g/mol. The molecule has 0 bridgehead atoms. The zero-order valence-electron chi connectivity index (χ0n) is 11.5. The van der Waals surface area contributed by atoms with Gasteiger partial charge in [0.2, 0.25) is 0 Å². The summed E-state index contributed by atoms with van der Waals surface area (Å²) in [7, 11) is 0. The van der Waals surface area contributed by atoms with Gasteiger partial charge in [0.25, 0.3) is 0 Å². The smallest absolute Gasteiger partial charge is 0.00106 e. The second kappa shape index (κ2) is 8.15. The van der Waals surface area contributed by atoms with Crippen LogP contribution < -0.4 is 5.32 Å². The Bertz CT molecular complexity index is 136. The molecule has 0 aromatic carbocycles. The Labute approximate surface area is 97.0 Å². The van der Waals surface area contributed by atoms with Crippen molar-refractivity contribution < 1.29 is 0 Å². The maximum atomic E-state index is 3.62. The third-order valence-corrected chi connectivity index (χ3v) is 3.70. The lowest BCUT2D eigenvalue weighted by Crippen LogP contribution is -2.37. The van der Waals surface area contributed by atoms with E-state index in [-0.39, 0.29) is 0 Å². The molecule has 0 saturated heterocycles. The summed E-state index contributed by atoms with van der Waals surface area (Å²) in [6.45, 7) is 12.6. The number of hydrogen-bond acceptors (Lipinski definition) is 1. The molecule has 0 aliphatic heterocycles. The highest BCUT2D eigenvalue weighted by Crippen LogP contribution is 2.32. The highest BCUT2D eigenvalue weighted by Gasteiger charge is 2.25. The maximum Gasteiger partial charge on any atom is 0.00106 e. The van der Waals surface area contributed by atoms with E-state index in [0.29, 0.717) is 11.5 Å². The second-order valence-corrected chi connectivity index (χ2v) is 5.20. The zero-order valence-corrected chi connectivity index (χ0v) is 11.5. The Kier molecular flexibility index (Phi) is 8.13. The zero-order chi connectivity index (χ0) is 11.7. The first-order valence-electron chi connectivity index (χ1n) is 6.83. The van der Waals surface area contributed by atoms with Crippen molar-refractivity contribution in [2.24, 2.45) is 5.41 Å². The molecule has 0 saturated carbocycles. The van der Waals surface area contributed by atoms with E-state index in [9.17, 15) is 0 Å². The van der Waals surface area contributed by atoms with E-state index in [1.165, 1.54) is 45.1 Å². The van der Waals surface area contributed by atoms with E-state index in [2.05, 4.69) is 39.9 Å². The Morgan fingerprint density at radius 1 is 1.00 bits per heavy atom. The van der Waals surface area contributed by atoms with Crippen LogP contribution in [0.2, 0.25) is 0 Å². The molecular weight excluding hydrogens is 182 g/mol. The Morgan fingerprint density at radius 3 is 2.00 bits per heavy atom. The van der Waals surface area contributed by atoms with Crippen LogP contribution in [-0.4, -0.2) is 12.6 Å². The summed E-state index contributed by atoms with van der Waals surface area (Å²) >= 11 is 0. The minimum absolute atomic E-state index is 0.555. The van der Waals surface area contributed by atoms with Crippen molar-refractivity contribution in [1.82, 2.24) is 5.32 Å². The van der Waals surface area contributed by atoms with Crippen LogP contribution in [0, 0.1) is 5.41 Å². The average molecular weight is 213 g/mol. The molecule has 0 heterocycles. The van der Waals surface area contributed by atoms with Crippen LogP contribution in [0.4, 0.5) is 0 Å². The fourth-order valence-corrected chi connectivity index (χ4v) is 2.11. The summed E-state index contributed by atoms with van der Waals surface area (Å²) in [5, 5.41) is 3.62. The van der Waals surface area contributed by atoms with E-state index >= 15 is 0 Å². The number of rotatable bonds is 9. The lowest BCUT2D eigenvalue weighted by molar-refractivity contribution is 0.214. The SMILES string of the molecule is CCCCCC(CC)(CC)CNC(C)C. The van der Waals surface area contributed by atoms with E-state index < -0.39 is 0 Å². The van der Waals surface area contributed by atoms with Crippen molar-refractivity contribution in [1.29, 1.82) is 0 Å². The van der Waals surface area contributed by atoms with Crippen molar-refractivity contribution in [3.63, 3.8) is 0 Å². The van der Waals surface area contributed by atoms with Gasteiger partial charge in [-0.3, -0.25) is 0 Å². The first-order valence-corrected chi connectivity index (χ1v) is 6.83. The van der Waals surface area contributed by atoms with Gasteiger partial charge in [-0.25, -0.2) is 0 Å². The van der Waals surface area contributed by atoms with Crippen LogP contribution in [0.25, 0.3) is 0 Å². The molecule has 0 aliphatic carbocycles. The van der Waals surface area contributed by atoms with Gasteiger partial charge in [-0.15, -0.1) is 0 Å². The molecule has 0 fully saturated rings. The van der Waals surface area contributed by atoms with Gasteiger partial charge in [0, 0.05) is 12.6 Å². The number of hydrogen-bond donors (Lipinski definition) is 1. The molecule has 0 aromatic heterocycles. The van der Waals surface area contributed by atoms with Crippen molar-refractivity contribution >= 4 is 0 Å². The predicted octanol–water partition coefficient (Wildman–Crippen LogP) is 4.37. The average Bonchev–Trinajstić information content (AvgIpc) is 2.23. The van der Waals surface area contributed by atoms with Crippen LogP contribution in [-0.2, 0) is 0 Å². The topological polar surface area (TPSA) is 12.0 Å². The Morgan fingerprint density at radius 2 is 1.60 bits per heavy atom. The van der Waals surface area contributed by atoms with Gasteiger partial charge in [-0.1, -0.05) is 53.9 Å². The molecule has 1 heteroatoms. The van der Waals surface area contributed by atoms with Gasteiger partial charge >= 0.3 is 0 Å². The molecule has 0 rings (SSSR count). The highest BCUT2D eigenvalue weighted by atomic mass is 14.9. The van der Waals surface area contributed by atoms with E-state index in [4.69, 9.17) is 0 Å². The molecule has 0 aliphatic rings. The number of unbranched alkanes of at least 4 members (excludes halogenated alkanes) is 2. The molecular formula is C14H31N. The molecule has 0 amide bonds. The summed E-state index contributed by atoms with van der Waals surface area (Å²) < 4.78 is 0. The van der Waals surface area contributed by atoms with E-state index in [1.54, 1.807) is 0 Å². The number of nitrogens with one attached hydrogen (secondary N) is 1. The second-order valence-electron chi connectivity index (χ2n) is 5.20. The maximum absolute atomic E-state index is 3.62. The van der Waals surface area contributed by atoms with Gasteiger partial charge in [0.15, 0.2) is 0 Å². The molecule has 92 valence electrons. The van der Waals surface area contributed by atoms with Gasteiger partial charge in [-0.2, -0.15) is 0 Å². The largest absolute Gasteiger partial charge is 0.314 e. The van der Waals surface area contributed by atoms with Gasteiger partial charge in [0.1, 0.15) is 0 Å². The van der Waals surface area contributed by atoms with Crippen molar-refractivity contribution in [3.8, 4) is 0 Å². The molecule has 0 spiro atoms. The molecule has 0 atom stereocenters. The fourth-order valence-electron chi connectivity index (χ4n) is 2.11. The van der Waals surface area contributed by atoms with E-state index in [0.717, 1.165) is 0 Å². The van der Waals surface area contributed by atoms with Gasteiger partial charge in [0.05, 0.1) is 0 Å². The summed E-state index contributed by atoms with van der Waals surface area (Å²) in [5.41, 5.74) is 0.555. The standard InChI is InChI=1S/C14H31N/c1-6-9-10-11-14(7-2,8-3)12-15-13(4)5/h13,15H,6-12H2,1-5H3. The van der Waals surface area contributed by atoms with Crippen LogP contribution in [0.5, 0.6) is 0 Å². The van der Waals surface area contributed by atoms with Crippen LogP contribution in [0.1, 0.15) is 73.1 Å². The first-order chi connectivity index (χ1) is 7.10. The molecule has 1 N–H and O–H groups in total. The third kappa shape index (κ3) is 6.19. The summed E-state index contributed by atoms with van der Waals surface area (Å²) in [6.07, 6.45) is 8.15. The quantitative estimate of drug-likeness (QED) is 0.561. The predicted molar refractivity (Wildman–Crippen MR) is 70.3 cm³/mol. The molecule has 0 unspecified atom stereocenters. The van der Waals surface area contributed by atoms with Gasteiger partial charge in [-0.05, 0) is 24.7 Å². The lowest BCUT2D eigenvalue weighted by Gasteiger charge is -2.33. The lowest BCUT2D eigenvalue weighted by atomic mass is 9.77. The highest BCUT2D eigenvalue weighted by molar-refractivity contribution is 4.79.